The van der Waals surface area contributed by atoms with Crippen molar-refractivity contribution in [2.24, 2.45) is 0 Å². The molecular weight excluding hydrogens is 476 g/mol. The van der Waals surface area contributed by atoms with E-state index in [4.69, 9.17) is 28.6 Å². The van der Waals surface area contributed by atoms with Crippen LogP contribution in [-0.4, -0.2) is 27.3 Å². The zero-order chi connectivity index (χ0) is 23.2. The van der Waals surface area contributed by atoms with Gasteiger partial charge >= 0.3 is 0 Å². The van der Waals surface area contributed by atoms with Gasteiger partial charge in [0.2, 0.25) is 5.91 Å². The lowest BCUT2D eigenvalue weighted by Crippen LogP contribution is -2.29. The Bertz CT molecular complexity index is 1250. The summed E-state index contributed by atoms with van der Waals surface area (Å²) in [5, 5.41) is 15.0. The number of hydrogen-bond donors (Lipinski definition) is 2. The fourth-order valence-electron chi connectivity index (χ4n) is 3.51. The molecule has 1 atom stereocenters. The van der Waals surface area contributed by atoms with Gasteiger partial charge < -0.3 is 10.1 Å². The van der Waals surface area contributed by atoms with Gasteiger partial charge in [-0.2, -0.15) is 16.4 Å². The van der Waals surface area contributed by atoms with Gasteiger partial charge in [-0.25, -0.2) is 0 Å². The van der Waals surface area contributed by atoms with Crippen LogP contribution < -0.4 is 10.1 Å². The standard InChI is InChI=1S/C24H23ClN4O2S2/c1-2-31-20-9-5-17(6-10-20)23-27-28-24(32)29(23)13-11-21(30)26-22(18-12-14-33-15-18)16-3-7-19(25)8-4-16/h3-10,12,14-15,22H,2,11,13H2,1H3,(H,26,30)(H,28,32). The Hall–Kier alpha value is -2.94. The molecule has 2 N–H and O–H groups in total. The molecule has 0 bridgehead atoms. The zero-order valence-corrected chi connectivity index (χ0v) is 20.3. The number of benzene rings is 2. The van der Waals surface area contributed by atoms with E-state index in [-0.39, 0.29) is 18.4 Å². The Kier molecular flexibility index (Phi) is 7.59. The number of aromatic nitrogens is 3. The quantitative estimate of drug-likeness (QED) is 0.277. The molecule has 0 spiro atoms. The van der Waals surface area contributed by atoms with E-state index in [0.717, 1.165) is 22.4 Å². The number of amides is 1. The number of nitrogens with zero attached hydrogens (tertiary/aromatic N) is 2. The zero-order valence-electron chi connectivity index (χ0n) is 18.0. The summed E-state index contributed by atoms with van der Waals surface area (Å²) in [5.41, 5.74) is 2.90. The van der Waals surface area contributed by atoms with Crippen LogP contribution in [0.1, 0.15) is 30.5 Å². The maximum atomic E-state index is 12.9. The van der Waals surface area contributed by atoms with Crippen molar-refractivity contribution in [2.45, 2.75) is 25.9 Å². The van der Waals surface area contributed by atoms with Crippen LogP contribution in [0.3, 0.4) is 0 Å². The van der Waals surface area contributed by atoms with E-state index < -0.39 is 0 Å². The van der Waals surface area contributed by atoms with Gasteiger partial charge in [-0.05, 0) is 83.5 Å². The second kappa shape index (κ2) is 10.8. The normalized spacial score (nSPS) is 11.8. The smallest absolute Gasteiger partial charge is 0.222 e. The molecule has 170 valence electrons. The lowest BCUT2D eigenvalue weighted by molar-refractivity contribution is -0.121. The molecular formula is C24H23ClN4O2S2. The fourth-order valence-corrected chi connectivity index (χ4v) is 4.55. The molecule has 2 aromatic heterocycles. The molecule has 4 aromatic rings. The molecule has 0 aliphatic heterocycles. The summed E-state index contributed by atoms with van der Waals surface area (Å²) >= 11 is 13.0. The molecule has 9 heteroatoms. The van der Waals surface area contributed by atoms with E-state index in [0.29, 0.717) is 28.8 Å². The molecule has 6 nitrogen and oxygen atoms in total. The summed E-state index contributed by atoms with van der Waals surface area (Å²) in [6, 6.07) is 16.9. The number of nitrogens with one attached hydrogen (secondary N) is 2. The minimum Gasteiger partial charge on any atom is -0.494 e. The number of thiophene rings is 1. The maximum absolute atomic E-state index is 12.9. The second-order valence-electron chi connectivity index (χ2n) is 7.32. The van der Waals surface area contributed by atoms with Gasteiger partial charge in [0.25, 0.3) is 0 Å². The highest BCUT2D eigenvalue weighted by Gasteiger charge is 2.18. The number of H-pyrrole nitrogens is 1. The maximum Gasteiger partial charge on any atom is 0.222 e. The minimum absolute atomic E-state index is 0.0816. The first-order chi connectivity index (χ1) is 16.0. The van der Waals surface area contributed by atoms with E-state index in [1.807, 2.05) is 76.8 Å². The lowest BCUT2D eigenvalue weighted by atomic mass is 10.0. The molecule has 1 amide bonds. The van der Waals surface area contributed by atoms with Crippen LogP contribution in [0.15, 0.2) is 65.4 Å². The molecule has 2 heterocycles. The van der Waals surface area contributed by atoms with E-state index >= 15 is 0 Å². The second-order valence-corrected chi connectivity index (χ2v) is 8.92. The van der Waals surface area contributed by atoms with Crippen LogP contribution in [0.25, 0.3) is 11.4 Å². The van der Waals surface area contributed by atoms with Gasteiger partial charge in [-0.15, -0.1) is 0 Å². The van der Waals surface area contributed by atoms with Crippen molar-refractivity contribution in [2.75, 3.05) is 6.61 Å². The van der Waals surface area contributed by atoms with Crippen molar-refractivity contribution in [3.05, 3.63) is 86.3 Å². The van der Waals surface area contributed by atoms with Gasteiger partial charge in [-0.1, -0.05) is 23.7 Å². The van der Waals surface area contributed by atoms with E-state index in [2.05, 4.69) is 15.5 Å². The van der Waals surface area contributed by atoms with Crippen molar-refractivity contribution in [1.82, 2.24) is 20.1 Å². The van der Waals surface area contributed by atoms with Gasteiger partial charge in [-0.3, -0.25) is 14.5 Å². The van der Waals surface area contributed by atoms with Crippen LogP contribution in [0.2, 0.25) is 5.02 Å². The van der Waals surface area contributed by atoms with Crippen molar-refractivity contribution < 1.29 is 9.53 Å². The largest absolute Gasteiger partial charge is 0.494 e. The first kappa shape index (κ1) is 23.2. The third-order valence-corrected chi connectivity index (χ3v) is 6.39. The van der Waals surface area contributed by atoms with E-state index in [9.17, 15) is 4.79 Å². The molecule has 0 saturated heterocycles. The predicted octanol–water partition coefficient (Wildman–Crippen LogP) is 6.02. The van der Waals surface area contributed by atoms with Crippen molar-refractivity contribution >= 4 is 41.1 Å². The molecule has 33 heavy (non-hydrogen) atoms. The van der Waals surface area contributed by atoms with E-state index in [1.165, 1.54) is 0 Å². The highest BCUT2D eigenvalue weighted by atomic mass is 35.5. The summed E-state index contributed by atoms with van der Waals surface area (Å²) in [6.07, 6.45) is 0.256. The summed E-state index contributed by atoms with van der Waals surface area (Å²) in [4.78, 5) is 12.9. The lowest BCUT2D eigenvalue weighted by Gasteiger charge is -2.19. The molecule has 2 aromatic carbocycles. The van der Waals surface area contributed by atoms with Gasteiger partial charge in [0.05, 0.1) is 12.6 Å². The third-order valence-electron chi connectivity index (χ3n) is 5.13. The fraction of sp³-hybridized carbons (Fsp3) is 0.208. The first-order valence-electron chi connectivity index (χ1n) is 10.5. The monoisotopic (exact) mass is 498 g/mol. The molecule has 0 aliphatic carbocycles. The summed E-state index contributed by atoms with van der Waals surface area (Å²) in [6.45, 7) is 2.95. The highest BCUT2D eigenvalue weighted by molar-refractivity contribution is 7.71. The van der Waals surface area contributed by atoms with Crippen LogP contribution in [0.4, 0.5) is 0 Å². The van der Waals surface area contributed by atoms with Gasteiger partial charge in [0.15, 0.2) is 10.6 Å². The predicted molar refractivity (Wildman–Crippen MR) is 134 cm³/mol. The number of ether oxygens (including phenoxy) is 1. The molecule has 0 fully saturated rings. The van der Waals surface area contributed by atoms with Crippen LogP contribution in [-0.2, 0) is 11.3 Å². The number of rotatable bonds is 9. The number of carbonyl (C=O) groups is 1. The van der Waals surface area contributed by atoms with Crippen molar-refractivity contribution in [3.63, 3.8) is 0 Å². The summed E-state index contributed by atoms with van der Waals surface area (Å²) in [7, 11) is 0. The van der Waals surface area contributed by atoms with Crippen LogP contribution in [0.5, 0.6) is 5.75 Å². The Labute approximate surface area is 206 Å². The summed E-state index contributed by atoms with van der Waals surface area (Å²) in [5.74, 6) is 1.40. The minimum atomic E-state index is -0.246. The third kappa shape index (κ3) is 5.71. The van der Waals surface area contributed by atoms with Crippen molar-refractivity contribution in [1.29, 1.82) is 0 Å². The first-order valence-corrected chi connectivity index (χ1v) is 12.2. The van der Waals surface area contributed by atoms with Gasteiger partial charge in [0, 0.05) is 23.6 Å². The Balaban J connectivity index is 1.48. The number of halogens is 1. The molecule has 0 radical (unpaired) electrons. The van der Waals surface area contributed by atoms with E-state index in [1.54, 1.807) is 11.3 Å². The van der Waals surface area contributed by atoms with Crippen molar-refractivity contribution in [3.8, 4) is 17.1 Å². The SMILES string of the molecule is CCOc1ccc(-c2n[nH]c(=S)n2CCC(=O)NC(c2ccc(Cl)cc2)c2ccsc2)cc1. The average Bonchev–Trinajstić information content (AvgIpc) is 3.48. The number of carbonyl (C=O) groups excluding carboxylic acids is 1. The Morgan fingerprint density at radius 1 is 1.18 bits per heavy atom. The molecule has 4 rings (SSSR count). The number of aromatic amines is 1. The Morgan fingerprint density at radius 2 is 1.94 bits per heavy atom. The number of hydrogen-bond acceptors (Lipinski definition) is 5. The van der Waals surface area contributed by atoms with Gasteiger partial charge in [0.1, 0.15) is 5.75 Å². The molecule has 0 saturated carbocycles. The topological polar surface area (TPSA) is 71.9 Å². The molecule has 0 aliphatic rings. The highest BCUT2D eigenvalue weighted by Crippen LogP contribution is 2.26. The molecule has 1 unspecified atom stereocenters. The summed E-state index contributed by atoms with van der Waals surface area (Å²) < 4.78 is 7.82. The van der Waals surface area contributed by atoms with Crippen LogP contribution in [0, 0.1) is 4.77 Å². The average molecular weight is 499 g/mol. The van der Waals surface area contributed by atoms with Crippen LogP contribution >= 0.6 is 35.2 Å². The Morgan fingerprint density at radius 3 is 2.61 bits per heavy atom.